The Balaban J connectivity index is -0.0000000200. The number of hydrogen-bond donors (Lipinski definition) is 1. The van der Waals surface area contributed by atoms with E-state index in [0.717, 1.165) is 0 Å². The SMILES string of the molecule is O=BO.[Mg].[Tb]. The van der Waals surface area contributed by atoms with Crippen LogP contribution in [0.5, 0.6) is 0 Å². The van der Waals surface area contributed by atoms with E-state index in [1.807, 2.05) is 0 Å². The molecule has 0 aliphatic rings. The minimum atomic E-state index is -0.250. The average molecular weight is 227 g/mol. The van der Waals surface area contributed by atoms with Crippen molar-refractivity contribution in [1.29, 1.82) is 0 Å². The minimum Gasteiger partial charge on any atom is 0 e. The van der Waals surface area contributed by atoms with Gasteiger partial charge in [0.25, 0.3) is 0 Å². The molecule has 5 heteroatoms. The van der Waals surface area contributed by atoms with Crippen molar-refractivity contribution < 1.29 is 48.3 Å². The number of rotatable bonds is 0. The van der Waals surface area contributed by atoms with Crippen molar-refractivity contribution in [2.45, 2.75) is 0 Å². The summed E-state index contributed by atoms with van der Waals surface area (Å²) >= 11 is 0. The molecule has 0 fully saturated rings. The third-order valence-corrected chi connectivity index (χ3v) is 0. The minimum absolute atomic E-state index is 0. The summed E-state index contributed by atoms with van der Waals surface area (Å²) in [5.41, 5.74) is 0. The van der Waals surface area contributed by atoms with E-state index in [0.29, 0.717) is 0 Å². The predicted molar refractivity (Wildman–Crippen MR) is 14.4 cm³/mol. The third-order valence-electron chi connectivity index (χ3n) is 0. The van der Waals surface area contributed by atoms with Gasteiger partial charge in [-0.05, 0) is 0 Å². The fraction of sp³-hybridized carbons (Fsp3) is 0. The van der Waals surface area contributed by atoms with Gasteiger partial charge in [0.1, 0.15) is 0 Å². The maximum atomic E-state index is 8.36. The zero-order chi connectivity index (χ0) is 2.71. The molecule has 0 aliphatic carbocycles. The maximum Gasteiger partial charge on any atom is 0 e. The van der Waals surface area contributed by atoms with Gasteiger partial charge in [0.15, 0.2) is 0 Å². The molecule has 0 rings (SSSR count). The van der Waals surface area contributed by atoms with E-state index in [2.05, 4.69) is 0 Å². The Labute approximate surface area is 77.6 Å². The molecule has 0 saturated heterocycles. The first kappa shape index (κ1) is 15.9. The molecule has 2 nitrogen and oxygen atoms in total. The summed E-state index contributed by atoms with van der Waals surface area (Å²) in [7, 11) is -0.250. The van der Waals surface area contributed by atoms with E-state index in [4.69, 9.17) is 9.73 Å². The smallest absolute Gasteiger partial charge is 0 e. The Kier molecular flexibility index (Phi) is 54.8. The quantitative estimate of drug-likeness (QED) is 0.515. The molecule has 3 radical (unpaired) electrons. The average Bonchev–Trinajstić information content (AvgIpc) is 0.918. The monoisotopic (exact) mass is 227 g/mol. The maximum absolute atomic E-state index is 8.36. The Morgan fingerprint density at radius 1 is 1.60 bits per heavy atom. The molecule has 0 atom stereocenters. The summed E-state index contributed by atoms with van der Waals surface area (Å²) in [5, 5.41) is 6.89. The van der Waals surface area contributed by atoms with Gasteiger partial charge >= 0.3 is 17.1 Å². The van der Waals surface area contributed by atoms with Gasteiger partial charge in [-0.2, -0.15) is 0 Å². The Bertz CT molecular complexity index is 17.1. The van der Waals surface area contributed by atoms with Gasteiger partial charge in [0.05, 0.1) is 0 Å². The van der Waals surface area contributed by atoms with Crippen molar-refractivity contribution in [3.8, 4) is 0 Å². The van der Waals surface area contributed by atoms with Crippen LogP contribution in [0.4, 0.5) is 0 Å². The van der Waals surface area contributed by atoms with Crippen molar-refractivity contribution in [3.63, 3.8) is 0 Å². The van der Waals surface area contributed by atoms with Crippen molar-refractivity contribution >= 4 is 30.4 Å². The van der Waals surface area contributed by atoms with E-state index >= 15 is 0 Å². The molecule has 0 aromatic rings. The second kappa shape index (κ2) is 17.2. The molecule has 0 amide bonds. The Morgan fingerprint density at radius 2 is 1.60 bits per heavy atom. The fourth-order valence-corrected chi connectivity index (χ4v) is 0. The Hall–Kier alpha value is 1.72. The van der Waals surface area contributed by atoms with Crippen molar-refractivity contribution in [3.05, 3.63) is 0 Å². The van der Waals surface area contributed by atoms with Gasteiger partial charge in [-0.25, -0.2) is 0 Å². The predicted octanol–water partition coefficient (Wildman–Crippen LogP) is -1.44. The summed E-state index contributed by atoms with van der Waals surface area (Å²) < 4.78 is 8.36. The molecule has 1 N–H and O–H groups in total. The van der Waals surface area contributed by atoms with Gasteiger partial charge in [-0.15, -0.1) is 0 Å². The second-order valence-corrected chi connectivity index (χ2v) is 0.105. The normalized spacial score (nSPS) is 1.60. The van der Waals surface area contributed by atoms with Gasteiger partial charge in [-0.1, -0.05) is 0 Å². The zero-order valence-electron chi connectivity index (χ0n) is 2.47. The van der Waals surface area contributed by atoms with E-state index < -0.39 is 0 Å². The Morgan fingerprint density at radius 3 is 1.60 bits per heavy atom. The van der Waals surface area contributed by atoms with E-state index in [9.17, 15) is 0 Å². The summed E-state index contributed by atoms with van der Waals surface area (Å²) in [4.78, 5) is 0. The summed E-state index contributed by atoms with van der Waals surface area (Å²) in [6, 6.07) is 0. The zero-order valence-corrected chi connectivity index (χ0v) is 6.03. The van der Waals surface area contributed by atoms with E-state index in [-0.39, 0.29) is 69.0 Å². The van der Waals surface area contributed by atoms with Gasteiger partial charge < -0.3 is 0 Å². The van der Waals surface area contributed by atoms with Crippen molar-refractivity contribution in [2.24, 2.45) is 0 Å². The van der Waals surface area contributed by atoms with E-state index in [1.54, 1.807) is 0 Å². The van der Waals surface area contributed by atoms with Crippen LogP contribution >= 0.6 is 0 Å². The molecule has 5 heavy (non-hydrogen) atoms. The second-order valence-electron chi connectivity index (χ2n) is 0.105. The molecule has 0 aromatic heterocycles. The summed E-state index contributed by atoms with van der Waals surface area (Å²) in [5.74, 6) is 0. The molecule has 0 aliphatic heterocycles. The first-order valence-corrected chi connectivity index (χ1v) is 0.494. The van der Waals surface area contributed by atoms with Gasteiger partial charge in [-0.3, -0.25) is 0 Å². The molecule has 0 saturated carbocycles. The first-order valence-electron chi connectivity index (χ1n) is 0.494. The standard InChI is InChI=1S/BHO2.Mg.Tb/c2-1-3;;/h2H;;. The van der Waals surface area contributed by atoms with Crippen LogP contribution in [0.2, 0.25) is 0 Å². The van der Waals surface area contributed by atoms with Crippen LogP contribution < -0.4 is 0 Å². The molecule has 0 aromatic carbocycles. The molecular formula is HBMgO2Tb. The molecule has 0 spiro atoms. The molecule has 27 valence electrons. The topological polar surface area (TPSA) is 37.3 Å². The van der Waals surface area contributed by atoms with Crippen LogP contribution in [-0.4, -0.2) is 35.4 Å². The molecule has 0 heterocycles. The van der Waals surface area contributed by atoms with Crippen LogP contribution in [0.15, 0.2) is 0 Å². The van der Waals surface area contributed by atoms with Crippen molar-refractivity contribution in [2.75, 3.05) is 0 Å². The van der Waals surface area contributed by atoms with Gasteiger partial charge in [0, 0.05) is 61.7 Å². The number of hydrogen-bond acceptors (Lipinski definition) is 1. The molecule has 0 unspecified atom stereocenters. The van der Waals surface area contributed by atoms with Crippen LogP contribution in [0.1, 0.15) is 0 Å². The summed E-state index contributed by atoms with van der Waals surface area (Å²) in [6.07, 6.45) is 0. The largest absolute Gasteiger partial charge is 0 e. The first-order chi connectivity index (χ1) is 1.41. The van der Waals surface area contributed by atoms with Crippen LogP contribution in [0, 0.1) is 38.6 Å². The molecular weight excluding hydrogens is 226 g/mol. The molecule has 0 bridgehead atoms. The van der Waals surface area contributed by atoms with Gasteiger partial charge in [0.2, 0.25) is 0 Å². The van der Waals surface area contributed by atoms with Crippen LogP contribution in [0.25, 0.3) is 0 Å². The third kappa shape index (κ3) is 26.8. The van der Waals surface area contributed by atoms with E-state index in [1.165, 1.54) is 0 Å². The fourth-order valence-electron chi connectivity index (χ4n) is 0. The van der Waals surface area contributed by atoms with Crippen LogP contribution in [-0.2, 0) is 4.70 Å². The van der Waals surface area contributed by atoms with Crippen LogP contribution in [0.3, 0.4) is 0 Å². The summed E-state index contributed by atoms with van der Waals surface area (Å²) in [6.45, 7) is 0. The van der Waals surface area contributed by atoms with Crippen molar-refractivity contribution in [1.82, 2.24) is 0 Å².